The van der Waals surface area contributed by atoms with E-state index >= 15 is 0 Å². The van der Waals surface area contributed by atoms with Crippen LogP contribution in [0.25, 0.3) is 11.0 Å². The molecule has 0 atom stereocenters. The first kappa shape index (κ1) is 15.5. The molecular formula is C17H19N7O. The first-order valence-corrected chi connectivity index (χ1v) is 8.40. The molecule has 4 rings (SSSR count). The summed E-state index contributed by atoms with van der Waals surface area (Å²) < 4.78 is 1.65. The van der Waals surface area contributed by atoms with Gasteiger partial charge in [-0.25, -0.2) is 4.68 Å². The second-order valence-corrected chi connectivity index (χ2v) is 6.03. The molecule has 1 N–H and O–H groups in total. The molecule has 1 aromatic carbocycles. The van der Waals surface area contributed by atoms with Gasteiger partial charge in [-0.05, 0) is 30.7 Å². The molecule has 1 amide bonds. The van der Waals surface area contributed by atoms with E-state index in [1.54, 1.807) is 4.68 Å². The SMILES string of the molecule is CCNc1cc2c(nn1)CCN(C(=O)Cn1nnc3ccccc31)C2. The minimum absolute atomic E-state index is 0.0307. The van der Waals surface area contributed by atoms with Crippen molar-refractivity contribution < 1.29 is 4.79 Å². The zero-order valence-electron chi connectivity index (χ0n) is 14.0. The Morgan fingerprint density at radius 1 is 1.24 bits per heavy atom. The predicted octanol–water partition coefficient (Wildman–Crippen LogP) is 1.24. The fourth-order valence-electron chi connectivity index (χ4n) is 3.07. The van der Waals surface area contributed by atoms with Gasteiger partial charge in [0.2, 0.25) is 5.91 Å². The number of fused-ring (bicyclic) bond motifs is 2. The van der Waals surface area contributed by atoms with Gasteiger partial charge in [-0.3, -0.25) is 4.79 Å². The minimum atomic E-state index is 0.0307. The van der Waals surface area contributed by atoms with Crippen LogP contribution in [0.1, 0.15) is 18.2 Å². The molecule has 3 heterocycles. The van der Waals surface area contributed by atoms with Gasteiger partial charge < -0.3 is 10.2 Å². The highest BCUT2D eigenvalue weighted by Gasteiger charge is 2.23. The fourth-order valence-corrected chi connectivity index (χ4v) is 3.07. The Morgan fingerprint density at radius 3 is 3.00 bits per heavy atom. The summed E-state index contributed by atoms with van der Waals surface area (Å²) in [6, 6.07) is 9.63. The number of hydrogen-bond donors (Lipinski definition) is 1. The molecule has 2 aromatic heterocycles. The van der Waals surface area contributed by atoms with E-state index in [9.17, 15) is 4.79 Å². The summed E-state index contributed by atoms with van der Waals surface area (Å²) in [5.74, 6) is 0.779. The molecule has 0 saturated carbocycles. The lowest BCUT2D eigenvalue weighted by molar-refractivity contribution is -0.132. The highest BCUT2D eigenvalue weighted by atomic mass is 16.2. The van der Waals surface area contributed by atoms with Crippen LogP contribution in [-0.2, 0) is 24.3 Å². The second-order valence-electron chi connectivity index (χ2n) is 6.03. The largest absolute Gasteiger partial charge is 0.369 e. The zero-order valence-corrected chi connectivity index (χ0v) is 14.0. The van der Waals surface area contributed by atoms with Gasteiger partial charge in [-0.1, -0.05) is 17.3 Å². The lowest BCUT2D eigenvalue weighted by Gasteiger charge is -2.28. The van der Waals surface area contributed by atoms with Crippen LogP contribution in [0.2, 0.25) is 0 Å². The monoisotopic (exact) mass is 337 g/mol. The molecule has 3 aromatic rings. The number of anilines is 1. The fraction of sp³-hybridized carbons (Fsp3) is 0.353. The molecule has 0 fully saturated rings. The molecule has 128 valence electrons. The quantitative estimate of drug-likeness (QED) is 0.770. The van der Waals surface area contributed by atoms with Crippen LogP contribution < -0.4 is 5.32 Å². The van der Waals surface area contributed by atoms with E-state index in [1.165, 1.54) is 0 Å². The van der Waals surface area contributed by atoms with Crippen LogP contribution in [-0.4, -0.2) is 49.1 Å². The minimum Gasteiger partial charge on any atom is -0.369 e. The maximum Gasteiger partial charge on any atom is 0.244 e. The van der Waals surface area contributed by atoms with Crippen LogP contribution in [0.3, 0.4) is 0 Å². The van der Waals surface area contributed by atoms with Gasteiger partial charge in [0.05, 0.1) is 11.2 Å². The van der Waals surface area contributed by atoms with Crippen molar-refractivity contribution in [3.8, 4) is 0 Å². The predicted molar refractivity (Wildman–Crippen MR) is 92.8 cm³/mol. The van der Waals surface area contributed by atoms with E-state index in [-0.39, 0.29) is 12.5 Å². The molecule has 25 heavy (non-hydrogen) atoms. The third-order valence-electron chi connectivity index (χ3n) is 4.36. The van der Waals surface area contributed by atoms with Gasteiger partial charge >= 0.3 is 0 Å². The van der Waals surface area contributed by atoms with E-state index < -0.39 is 0 Å². The average molecular weight is 337 g/mol. The van der Waals surface area contributed by atoms with Crippen LogP contribution in [0.4, 0.5) is 5.82 Å². The molecule has 0 aliphatic carbocycles. The van der Waals surface area contributed by atoms with Crippen LogP contribution >= 0.6 is 0 Å². The summed E-state index contributed by atoms with van der Waals surface area (Å²) in [6.07, 6.45) is 0.721. The second kappa shape index (κ2) is 6.46. The van der Waals surface area contributed by atoms with E-state index in [1.807, 2.05) is 42.2 Å². The summed E-state index contributed by atoms with van der Waals surface area (Å²) >= 11 is 0. The van der Waals surface area contributed by atoms with E-state index in [2.05, 4.69) is 25.8 Å². The van der Waals surface area contributed by atoms with Crippen LogP contribution in [0.5, 0.6) is 0 Å². The molecule has 0 radical (unpaired) electrons. The summed E-state index contributed by atoms with van der Waals surface area (Å²) in [5.41, 5.74) is 3.68. The summed E-state index contributed by atoms with van der Waals surface area (Å²) in [7, 11) is 0. The number of benzene rings is 1. The molecule has 1 aliphatic rings. The number of hydrogen-bond acceptors (Lipinski definition) is 6. The highest BCUT2D eigenvalue weighted by molar-refractivity contribution is 5.80. The third-order valence-corrected chi connectivity index (χ3v) is 4.36. The van der Waals surface area contributed by atoms with Crippen molar-refractivity contribution in [3.63, 3.8) is 0 Å². The Kier molecular flexibility index (Phi) is 4.01. The molecular weight excluding hydrogens is 318 g/mol. The molecule has 8 nitrogen and oxygen atoms in total. The van der Waals surface area contributed by atoms with Gasteiger partial charge in [0.1, 0.15) is 17.9 Å². The standard InChI is InChI=1S/C17H19N7O/c1-2-18-16-9-12-10-23(8-7-13(12)19-21-16)17(25)11-24-15-6-4-3-5-14(15)20-22-24/h3-6,9H,2,7-8,10-11H2,1H3,(H,18,21). The Bertz CT molecular complexity index is 920. The zero-order chi connectivity index (χ0) is 17.2. The van der Waals surface area contributed by atoms with Crippen molar-refractivity contribution in [3.05, 3.63) is 41.6 Å². The number of rotatable bonds is 4. The Labute approximate surface area is 144 Å². The van der Waals surface area contributed by atoms with Gasteiger partial charge in [0.25, 0.3) is 0 Å². The van der Waals surface area contributed by atoms with Gasteiger partial charge in [-0.15, -0.1) is 10.2 Å². The first-order valence-electron chi connectivity index (χ1n) is 8.40. The molecule has 0 saturated heterocycles. The lowest BCUT2D eigenvalue weighted by atomic mass is 10.1. The van der Waals surface area contributed by atoms with E-state index in [4.69, 9.17) is 0 Å². The van der Waals surface area contributed by atoms with Crippen molar-refractivity contribution >= 4 is 22.8 Å². The summed E-state index contributed by atoms with van der Waals surface area (Å²) in [6.45, 7) is 4.19. The Morgan fingerprint density at radius 2 is 2.12 bits per heavy atom. The maximum atomic E-state index is 12.7. The lowest BCUT2D eigenvalue weighted by Crippen LogP contribution is -2.38. The van der Waals surface area contributed by atoms with Gasteiger partial charge in [-0.2, -0.15) is 5.10 Å². The third kappa shape index (κ3) is 3.02. The van der Waals surface area contributed by atoms with E-state index in [0.717, 1.165) is 41.1 Å². The summed E-state index contributed by atoms with van der Waals surface area (Å²) in [4.78, 5) is 14.6. The van der Waals surface area contributed by atoms with Crippen molar-refractivity contribution in [1.82, 2.24) is 30.1 Å². The molecule has 8 heteroatoms. The number of nitrogens with one attached hydrogen (secondary N) is 1. The molecule has 0 bridgehead atoms. The van der Waals surface area contributed by atoms with Crippen molar-refractivity contribution in [1.29, 1.82) is 0 Å². The van der Waals surface area contributed by atoms with E-state index in [0.29, 0.717) is 13.1 Å². The van der Waals surface area contributed by atoms with Crippen molar-refractivity contribution in [2.45, 2.75) is 26.4 Å². The van der Waals surface area contributed by atoms with Crippen molar-refractivity contribution in [2.75, 3.05) is 18.4 Å². The average Bonchev–Trinajstić information content (AvgIpc) is 3.04. The van der Waals surface area contributed by atoms with Crippen molar-refractivity contribution in [2.24, 2.45) is 0 Å². The molecule has 1 aliphatic heterocycles. The van der Waals surface area contributed by atoms with Gasteiger partial charge in [0, 0.05) is 26.1 Å². The first-order chi connectivity index (χ1) is 12.2. The number of carbonyl (C=O) groups excluding carboxylic acids is 1. The Balaban J connectivity index is 1.51. The topological polar surface area (TPSA) is 88.8 Å². The molecule has 0 unspecified atom stereocenters. The van der Waals surface area contributed by atoms with Crippen LogP contribution in [0, 0.1) is 0 Å². The number of aromatic nitrogens is 5. The highest BCUT2D eigenvalue weighted by Crippen LogP contribution is 2.19. The number of para-hydroxylation sites is 1. The maximum absolute atomic E-state index is 12.7. The summed E-state index contributed by atoms with van der Waals surface area (Å²) in [5, 5.41) is 19.8. The molecule has 0 spiro atoms. The normalized spacial score (nSPS) is 13.7. The number of amides is 1. The Hall–Kier alpha value is -3.03. The smallest absolute Gasteiger partial charge is 0.244 e. The van der Waals surface area contributed by atoms with Gasteiger partial charge in [0.15, 0.2) is 0 Å². The van der Waals surface area contributed by atoms with Crippen LogP contribution in [0.15, 0.2) is 30.3 Å². The number of nitrogens with zero attached hydrogens (tertiary/aromatic N) is 6. The number of carbonyl (C=O) groups is 1.